The zero-order valence-corrected chi connectivity index (χ0v) is 17.5. The van der Waals surface area contributed by atoms with E-state index in [0.29, 0.717) is 34.7 Å². The first-order chi connectivity index (χ1) is 14.1. The van der Waals surface area contributed by atoms with Gasteiger partial charge in [-0.05, 0) is 36.9 Å². The van der Waals surface area contributed by atoms with Gasteiger partial charge in [0.15, 0.2) is 6.04 Å². The standard InChI is InChI=1S/C19H18F3N5O2S.H2O/c1-3-30(29)14-7-11(18(4-5-18)17(23)28)8-25-16(14)27-10(2)15-13(26-27)6-12(9-24-15)19(20,21)22;/h6-10H,3-5H2,1-2H3,(H-,23,28);1H2/p+1. The van der Waals surface area contributed by atoms with Gasteiger partial charge in [-0.3, -0.25) is 14.0 Å². The highest BCUT2D eigenvalue weighted by atomic mass is 32.2. The smallest absolute Gasteiger partial charge is 0.412 e. The van der Waals surface area contributed by atoms with Gasteiger partial charge in [0.25, 0.3) is 0 Å². The van der Waals surface area contributed by atoms with Crippen molar-refractivity contribution in [2.24, 2.45) is 10.8 Å². The fraction of sp³-hybridized carbons (Fsp3) is 0.421. The van der Waals surface area contributed by atoms with E-state index in [1.54, 1.807) is 19.9 Å². The average Bonchev–Trinajstić information content (AvgIpc) is 3.46. The third-order valence-corrected chi connectivity index (χ3v) is 6.85. The number of halogens is 3. The molecule has 8 nitrogen and oxygen atoms in total. The van der Waals surface area contributed by atoms with Crippen molar-refractivity contribution in [3.8, 4) is 0 Å². The molecule has 2 unspecified atom stereocenters. The molecule has 4 N–H and O–H groups in total. The van der Waals surface area contributed by atoms with Gasteiger partial charge in [0, 0.05) is 17.5 Å². The fourth-order valence-corrected chi connectivity index (χ4v) is 4.49. The molecule has 2 aliphatic rings. The second-order valence-corrected chi connectivity index (χ2v) is 9.08. The quantitative estimate of drug-likeness (QED) is 0.693. The third-order valence-electron chi connectivity index (χ3n) is 5.53. The predicted octanol–water partition coefficient (Wildman–Crippen LogP) is 2.82. The Labute approximate surface area is 178 Å². The molecule has 2 aromatic heterocycles. The van der Waals surface area contributed by atoms with Gasteiger partial charge in [0.05, 0.1) is 21.8 Å². The molecule has 1 fully saturated rings. The topological polar surface area (TPSA) is 133 Å². The van der Waals surface area contributed by atoms with Gasteiger partial charge in [-0.15, -0.1) is 4.70 Å². The average molecular weight is 456 g/mol. The number of hydrogen-bond acceptors (Lipinski definition) is 5. The van der Waals surface area contributed by atoms with Crippen molar-refractivity contribution in [3.63, 3.8) is 0 Å². The van der Waals surface area contributed by atoms with Crippen LogP contribution in [0.15, 0.2) is 34.5 Å². The van der Waals surface area contributed by atoms with Crippen LogP contribution in [-0.4, -0.2) is 36.0 Å². The van der Waals surface area contributed by atoms with Gasteiger partial charge in [0.2, 0.25) is 5.91 Å². The summed E-state index contributed by atoms with van der Waals surface area (Å²) < 4.78 is 53.3. The lowest BCUT2D eigenvalue weighted by molar-refractivity contribution is -0.549. The Balaban J connectivity index is 0.00000272. The highest BCUT2D eigenvalue weighted by molar-refractivity contribution is 7.85. The van der Waals surface area contributed by atoms with Crippen LogP contribution in [0.4, 0.5) is 24.7 Å². The van der Waals surface area contributed by atoms with Crippen molar-refractivity contribution in [1.29, 1.82) is 0 Å². The van der Waals surface area contributed by atoms with E-state index >= 15 is 0 Å². The second kappa shape index (κ2) is 7.75. The number of primary amides is 1. The molecule has 0 bridgehead atoms. The molecule has 2 aromatic rings. The Morgan fingerprint density at radius 2 is 1.97 bits per heavy atom. The summed E-state index contributed by atoms with van der Waals surface area (Å²) in [6.45, 7) is 3.47. The number of azo groups is 2. The number of rotatable bonds is 5. The van der Waals surface area contributed by atoms with Crippen LogP contribution >= 0.6 is 0 Å². The molecule has 0 saturated heterocycles. The molecule has 2 atom stereocenters. The number of nitrogens with two attached hydrogens (primary N) is 1. The molecule has 1 amide bonds. The Hall–Kier alpha value is -2.73. The van der Waals surface area contributed by atoms with Crippen LogP contribution in [0.2, 0.25) is 0 Å². The molecule has 0 aromatic carbocycles. The van der Waals surface area contributed by atoms with Crippen LogP contribution in [0.25, 0.3) is 0 Å². The molecular weight excluding hydrogens is 435 g/mol. The summed E-state index contributed by atoms with van der Waals surface area (Å²) in [4.78, 5) is 20.6. The van der Waals surface area contributed by atoms with Gasteiger partial charge >= 0.3 is 12.0 Å². The maximum absolute atomic E-state index is 13.0. The van der Waals surface area contributed by atoms with E-state index in [-0.39, 0.29) is 17.0 Å². The van der Waals surface area contributed by atoms with E-state index in [0.717, 1.165) is 12.3 Å². The molecular formula is C19H21F3N5O3S+. The molecule has 31 heavy (non-hydrogen) atoms. The molecule has 166 valence electrons. The number of alkyl halides is 3. The normalized spacial score (nSPS) is 19.8. The molecule has 0 spiro atoms. The number of carbonyl (C=O) groups is 1. The van der Waals surface area contributed by atoms with Crippen molar-refractivity contribution in [2.45, 2.75) is 49.2 Å². The Kier molecular flexibility index (Phi) is 5.74. The highest BCUT2D eigenvalue weighted by Crippen LogP contribution is 2.49. The zero-order valence-electron chi connectivity index (χ0n) is 16.7. The SMILES string of the molecule is CCS(=O)c1cc(C2(C(N)=O)CC2)cnc1[N+]1=Nc2cc(C(F)(F)F)cnc2C1C.O. The minimum Gasteiger partial charge on any atom is -0.412 e. The summed E-state index contributed by atoms with van der Waals surface area (Å²) in [5.41, 5.74) is 4.91. The van der Waals surface area contributed by atoms with Crippen LogP contribution < -0.4 is 5.73 Å². The Morgan fingerprint density at radius 3 is 2.52 bits per heavy atom. The van der Waals surface area contributed by atoms with Crippen molar-refractivity contribution < 1.29 is 32.3 Å². The van der Waals surface area contributed by atoms with E-state index in [4.69, 9.17) is 5.73 Å². The van der Waals surface area contributed by atoms with Gasteiger partial charge in [-0.1, -0.05) is 12.0 Å². The van der Waals surface area contributed by atoms with E-state index in [1.165, 1.54) is 10.9 Å². The van der Waals surface area contributed by atoms with Crippen molar-refractivity contribution in [2.75, 3.05) is 5.75 Å². The lowest BCUT2D eigenvalue weighted by atomic mass is 9.97. The summed E-state index contributed by atoms with van der Waals surface area (Å²) in [6.07, 6.45) is -1.05. The highest BCUT2D eigenvalue weighted by Gasteiger charge is 2.51. The van der Waals surface area contributed by atoms with Gasteiger partial charge in [-0.2, -0.15) is 13.2 Å². The van der Waals surface area contributed by atoms with E-state index in [2.05, 4.69) is 15.1 Å². The first kappa shape index (κ1) is 22.9. The first-order valence-electron chi connectivity index (χ1n) is 9.35. The largest absolute Gasteiger partial charge is 0.417 e. The lowest BCUT2D eigenvalue weighted by Gasteiger charge is -2.12. The van der Waals surface area contributed by atoms with Crippen LogP contribution in [0, 0.1) is 0 Å². The summed E-state index contributed by atoms with van der Waals surface area (Å²) in [7, 11) is -1.44. The van der Waals surface area contributed by atoms with Crippen molar-refractivity contribution in [3.05, 3.63) is 41.3 Å². The van der Waals surface area contributed by atoms with Crippen molar-refractivity contribution in [1.82, 2.24) is 9.97 Å². The fourth-order valence-electron chi connectivity index (χ4n) is 3.57. The molecule has 1 aliphatic heterocycles. The first-order valence-corrected chi connectivity index (χ1v) is 10.7. The molecule has 1 aliphatic carbocycles. The number of amides is 1. The number of aromatic nitrogens is 2. The molecule has 1 saturated carbocycles. The maximum Gasteiger partial charge on any atom is 0.417 e. The molecule has 0 radical (unpaired) electrons. The number of fused-ring (bicyclic) bond motifs is 1. The Bertz CT molecular complexity index is 1120. The molecule has 4 rings (SSSR count). The Morgan fingerprint density at radius 1 is 1.29 bits per heavy atom. The third kappa shape index (κ3) is 3.74. The van der Waals surface area contributed by atoms with E-state index in [1.807, 2.05) is 0 Å². The van der Waals surface area contributed by atoms with Crippen LogP contribution in [0.5, 0.6) is 0 Å². The second-order valence-electron chi connectivity index (χ2n) is 7.37. The monoisotopic (exact) mass is 456 g/mol. The van der Waals surface area contributed by atoms with E-state index < -0.39 is 39.9 Å². The van der Waals surface area contributed by atoms with Gasteiger partial charge < -0.3 is 11.2 Å². The molecule has 3 heterocycles. The van der Waals surface area contributed by atoms with Crippen LogP contribution in [0.3, 0.4) is 0 Å². The lowest BCUT2D eigenvalue weighted by Crippen LogP contribution is -2.28. The number of carbonyl (C=O) groups excluding carboxylic acids is 1. The predicted molar refractivity (Wildman–Crippen MR) is 105 cm³/mol. The number of hydrogen-bond donors (Lipinski definition) is 1. The number of pyridine rings is 2. The minimum atomic E-state index is -4.53. The van der Waals surface area contributed by atoms with Crippen LogP contribution in [0.1, 0.15) is 49.6 Å². The van der Waals surface area contributed by atoms with Crippen molar-refractivity contribution >= 4 is 28.2 Å². The van der Waals surface area contributed by atoms with Crippen LogP contribution in [-0.2, 0) is 27.2 Å². The van der Waals surface area contributed by atoms with Gasteiger partial charge in [-0.25, -0.2) is 0 Å². The summed E-state index contributed by atoms with van der Waals surface area (Å²) >= 11 is 0. The zero-order chi connectivity index (χ0) is 21.8. The summed E-state index contributed by atoms with van der Waals surface area (Å²) in [5, 5.41) is 4.28. The minimum absolute atomic E-state index is 0. The van der Waals surface area contributed by atoms with E-state index in [9.17, 15) is 22.2 Å². The van der Waals surface area contributed by atoms with Gasteiger partial charge in [0.1, 0.15) is 22.5 Å². The summed E-state index contributed by atoms with van der Waals surface area (Å²) in [6, 6.07) is 2.09. The maximum atomic E-state index is 13.0. The number of nitrogens with zero attached hydrogens (tertiary/aromatic N) is 4. The molecule has 12 heteroatoms. The summed E-state index contributed by atoms with van der Waals surface area (Å²) in [5.74, 6) is 0.104.